The van der Waals surface area contributed by atoms with E-state index in [1.54, 1.807) is 0 Å². The fourth-order valence-corrected chi connectivity index (χ4v) is 1.30. The van der Waals surface area contributed by atoms with Crippen LogP contribution in [0.15, 0.2) is 18.2 Å². The first-order chi connectivity index (χ1) is 6.88. The zero-order chi connectivity index (χ0) is 11.6. The van der Waals surface area contributed by atoms with Gasteiger partial charge in [-0.05, 0) is 23.7 Å². The molecule has 0 aliphatic carbocycles. The van der Waals surface area contributed by atoms with Gasteiger partial charge in [-0.2, -0.15) is 18.4 Å². The number of nitriles is 1. The maximum absolute atomic E-state index is 12.4. The van der Waals surface area contributed by atoms with E-state index in [2.05, 4.69) is 0 Å². The molecule has 0 saturated heterocycles. The van der Waals surface area contributed by atoms with E-state index in [9.17, 15) is 18.0 Å². The second-order valence-electron chi connectivity index (χ2n) is 2.61. The molecule has 0 bridgehead atoms. The van der Waals surface area contributed by atoms with Crippen molar-refractivity contribution in [1.29, 1.82) is 5.26 Å². The van der Waals surface area contributed by atoms with Gasteiger partial charge in [0.2, 0.25) is 0 Å². The van der Waals surface area contributed by atoms with Gasteiger partial charge < -0.3 is 0 Å². The van der Waals surface area contributed by atoms with Crippen LogP contribution >= 0.6 is 11.6 Å². The predicted octanol–water partition coefficient (Wildman–Crippen LogP) is 2.96. The van der Waals surface area contributed by atoms with Gasteiger partial charge in [-0.25, -0.2) is 0 Å². The summed E-state index contributed by atoms with van der Waals surface area (Å²) in [5, 5.41) is 7.24. The molecule has 0 atom stereocenters. The van der Waals surface area contributed by atoms with Crippen molar-refractivity contribution in [3.63, 3.8) is 0 Å². The molecule has 0 unspecified atom stereocenters. The summed E-state index contributed by atoms with van der Waals surface area (Å²) in [6.07, 6.45) is -4.70. The lowest BCUT2D eigenvalue weighted by Gasteiger charge is -2.10. The highest BCUT2D eigenvalue weighted by Gasteiger charge is 2.36. The van der Waals surface area contributed by atoms with E-state index in [-0.39, 0.29) is 5.56 Å². The Morgan fingerprint density at radius 1 is 1.40 bits per heavy atom. The van der Waals surface area contributed by atoms with Gasteiger partial charge in [-0.1, -0.05) is 6.07 Å². The van der Waals surface area contributed by atoms with Crippen LogP contribution in [-0.2, 0) is 6.18 Å². The molecule has 6 heteroatoms. The topological polar surface area (TPSA) is 40.9 Å². The number of carbonyl (C=O) groups is 1. The molecule has 0 N–H and O–H groups in total. The molecule has 15 heavy (non-hydrogen) atoms. The van der Waals surface area contributed by atoms with Crippen molar-refractivity contribution in [2.75, 3.05) is 0 Å². The highest BCUT2D eigenvalue weighted by Crippen LogP contribution is 2.33. The standard InChI is InChI=1S/C9H3ClF3NO/c10-8(15)7-5(4-14)2-1-3-6(7)9(11,12)13/h1-3H. The van der Waals surface area contributed by atoms with Crippen LogP contribution in [0.5, 0.6) is 0 Å². The van der Waals surface area contributed by atoms with Crippen molar-refractivity contribution in [3.8, 4) is 6.07 Å². The molecule has 0 saturated carbocycles. The monoisotopic (exact) mass is 233 g/mol. The minimum atomic E-state index is -4.70. The molecule has 1 rings (SSSR count). The normalized spacial score (nSPS) is 10.9. The predicted molar refractivity (Wildman–Crippen MR) is 46.3 cm³/mol. The van der Waals surface area contributed by atoms with Crippen molar-refractivity contribution >= 4 is 16.8 Å². The summed E-state index contributed by atoms with van der Waals surface area (Å²) in [5.41, 5.74) is -2.37. The largest absolute Gasteiger partial charge is 0.417 e. The Morgan fingerprint density at radius 3 is 2.40 bits per heavy atom. The first kappa shape index (κ1) is 11.5. The molecular weight excluding hydrogens is 231 g/mol. The van der Waals surface area contributed by atoms with E-state index < -0.39 is 22.5 Å². The lowest BCUT2D eigenvalue weighted by Crippen LogP contribution is -2.12. The van der Waals surface area contributed by atoms with Crippen molar-refractivity contribution in [2.24, 2.45) is 0 Å². The highest BCUT2D eigenvalue weighted by molar-refractivity contribution is 6.68. The molecule has 2 nitrogen and oxygen atoms in total. The smallest absolute Gasteiger partial charge is 0.276 e. The zero-order valence-electron chi connectivity index (χ0n) is 7.10. The Morgan fingerprint density at radius 2 is 2.00 bits per heavy atom. The van der Waals surface area contributed by atoms with Crippen LogP contribution in [0.3, 0.4) is 0 Å². The summed E-state index contributed by atoms with van der Waals surface area (Å²) >= 11 is 5.01. The Balaban J connectivity index is 3.55. The van der Waals surface area contributed by atoms with Crippen LogP contribution < -0.4 is 0 Å². The van der Waals surface area contributed by atoms with Crippen LogP contribution in [0.25, 0.3) is 0 Å². The fourth-order valence-electron chi connectivity index (χ4n) is 1.09. The van der Waals surface area contributed by atoms with Crippen molar-refractivity contribution < 1.29 is 18.0 Å². The Labute approximate surface area is 87.9 Å². The molecule has 1 aromatic carbocycles. The van der Waals surface area contributed by atoms with E-state index in [1.807, 2.05) is 0 Å². The summed E-state index contributed by atoms with van der Waals surface area (Å²) in [6.45, 7) is 0. The van der Waals surface area contributed by atoms with Gasteiger partial charge in [0.05, 0.1) is 22.8 Å². The van der Waals surface area contributed by atoms with Gasteiger partial charge in [0, 0.05) is 0 Å². The summed E-state index contributed by atoms with van der Waals surface area (Å²) in [7, 11) is 0. The molecule has 0 aliphatic rings. The second kappa shape index (κ2) is 3.91. The quantitative estimate of drug-likeness (QED) is 0.700. The molecule has 0 aliphatic heterocycles. The van der Waals surface area contributed by atoms with Crippen LogP contribution in [0.1, 0.15) is 21.5 Å². The molecule has 0 amide bonds. The van der Waals surface area contributed by atoms with Crippen molar-refractivity contribution in [2.45, 2.75) is 6.18 Å². The van der Waals surface area contributed by atoms with Crippen LogP contribution in [0.4, 0.5) is 13.2 Å². The summed E-state index contributed by atoms with van der Waals surface area (Å²) in [5.74, 6) is 0. The lowest BCUT2D eigenvalue weighted by atomic mass is 10.0. The summed E-state index contributed by atoms with van der Waals surface area (Å²) in [6, 6.07) is 4.34. The molecule has 0 fully saturated rings. The molecule has 78 valence electrons. The van der Waals surface area contributed by atoms with Gasteiger partial charge in [0.15, 0.2) is 0 Å². The molecular formula is C9H3ClF3NO. The van der Waals surface area contributed by atoms with Crippen LogP contribution in [0, 0.1) is 11.3 Å². The van der Waals surface area contributed by atoms with E-state index in [0.717, 1.165) is 12.1 Å². The van der Waals surface area contributed by atoms with Crippen LogP contribution in [-0.4, -0.2) is 5.24 Å². The minimum Gasteiger partial charge on any atom is -0.276 e. The lowest BCUT2D eigenvalue weighted by molar-refractivity contribution is -0.137. The highest BCUT2D eigenvalue weighted by atomic mass is 35.5. The van der Waals surface area contributed by atoms with Crippen molar-refractivity contribution in [1.82, 2.24) is 0 Å². The third kappa shape index (κ3) is 2.28. The molecule has 1 aromatic rings. The van der Waals surface area contributed by atoms with Gasteiger partial charge in [0.1, 0.15) is 0 Å². The third-order valence-electron chi connectivity index (χ3n) is 1.69. The van der Waals surface area contributed by atoms with E-state index >= 15 is 0 Å². The molecule has 0 heterocycles. The number of carbonyl (C=O) groups excluding carboxylic acids is 1. The Bertz CT molecular complexity index is 448. The average Bonchev–Trinajstić information content (AvgIpc) is 2.15. The van der Waals surface area contributed by atoms with Gasteiger partial charge >= 0.3 is 6.18 Å². The maximum Gasteiger partial charge on any atom is 0.417 e. The van der Waals surface area contributed by atoms with E-state index in [1.165, 1.54) is 6.07 Å². The second-order valence-corrected chi connectivity index (χ2v) is 2.95. The molecule has 0 radical (unpaired) electrons. The average molecular weight is 234 g/mol. The third-order valence-corrected chi connectivity index (χ3v) is 1.88. The minimum absolute atomic E-state index is 0.384. The molecule has 0 spiro atoms. The number of benzene rings is 1. The molecule has 0 aromatic heterocycles. The summed E-state index contributed by atoms with van der Waals surface area (Å²) < 4.78 is 37.2. The first-order valence-corrected chi connectivity index (χ1v) is 4.06. The Kier molecular flexibility index (Phi) is 3.01. The van der Waals surface area contributed by atoms with Gasteiger partial charge in [0.25, 0.3) is 5.24 Å². The zero-order valence-corrected chi connectivity index (χ0v) is 7.86. The maximum atomic E-state index is 12.4. The fraction of sp³-hybridized carbons (Fsp3) is 0.111. The van der Waals surface area contributed by atoms with E-state index in [4.69, 9.17) is 16.9 Å². The number of halogens is 4. The Hall–Kier alpha value is -1.54. The van der Waals surface area contributed by atoms with E-state index in [0.29, 0.717) is 6.07 Å². The number of alkyl halides is 3. The van der Waals surface area contributed by atoms with Crippen molar-refractivity contribution in [3.05, 3.63) is 34.9 Å². The number of hydrogen-bond donors (Lipinski definition) is 0. The summed E-state index contributed by atoms with van der Waals surface area (Å²) in [4.78, 5) is 10.8. The number of rotatable bonds is 1. The first-order valence-electron chi connectivity index (χ1n) is 3.68. The number of nitrogens with zero attached hydrogens (tertiary/aromatic N) is 1. The van der Waals surface area contributed by atoms with Crippen LogP contribution in [0.2, 0.25) is 0 Å². The van der Waals surface area contributed by atoms with Gasteiger partial charge in [-0.15, -0.1) is 0 Å². The van der Waals surface area contributed by atoms with Gasteiger partial charge in [-0.3, -0.25) is 4.79 Å². The SMILES string of the molecule is N#Cc1cccc(C(F)(F)F)c1C(=O)Cl. The number of hydrogen-bond acceptors (Lipinski definition) is 2.